The second-order valence-electron chi connectivity index (χ2n) is 16.1. The second kappa shape index (κ2) is 22.9. The summed E-state index contributed by atoms with van der Waals surface area (Å²) in [4.78, 5) is 73.3. The number of hydrogen-bond acceptors (Lipinski definition) is 8. The molecule has 1 aromatic rings. The molecule has 13 heteroatoms. The van der Waals surface area contributed by atoms with E-state index in [2.05, 4.69) is 17.6 Å². The van der Waals surface area contributed by atoms with Gasteiger partial charge in [-0.2, -0.15) is 0 Å². The normalized spacial score (nSPS) is 19.0. The van der Waals surface area contributed by atoms with Crippen molar-refractivity contribution in [3.63, 3.8) is 0 Å². The smallest absolute Gasteiger partial charge is 0.326 e. The quantitative estimate of drug-likeness (QED) is 0.148. The van der Waals surface area contributed by atoms with Crippen LogP contribution in [0.15, 0.2) is 30.3 Å². The third-order valence-corrected chi connectivity index (χ3v) is 11.3. The molecule has 1 aliphatic rings. The topological polar surface area (TPSA) is 158 Å². The van der Waals surface area contributed by atoms with Crippen LogP contribution in [-0.4, -0.2) is 133 Å². The van der Waals surface area contributed by atoms with Gasteiger partial charge in [-0.1, -0.05) is 92.1 Å². The summed E-state index contributed by atoms with van der Waals surface area (Å²) in [6.07, 6.45) is 1.72. The molecule has 1 saturated heterocycles. The Kier molecular flexibility index (Phi) is 19.8. The maximum Gasteiger partial charge on any atom is 0.326 e. The molecule has 0 bridgehead atoms. The first kappa shape index (κ1) is 47.6. The van der Waals surface area contributed by atoms with Gasteiger partial charge in [0.05, 0.1) is 42.7 Å². The second-order valence-corrected chi connectivity index (χ2v) is 16.1. The summed E-state index contributed by atoms with van der Waals surface area (Å²) in [7, 11) is 6.70. The van der Waals surface area contributed by atoms with Gasteiger partial charge in [0.1, 0.15) is 12.1 Å². The molecule has 1 aromatic carbocycles. The molecule has 0 spiro atoms. The van der Waals surface area contributed by atoms with Crippen LogP contribution in [0.1, 0.15) is 93.1 Å². The number of carbonyl (C=O) groups excluding carboxylic acids is 4. The first-order chi connectivity index (χ1) is 25.9. The van der Waals surface area contributed by atoms with Crippen LogP contribution >= 0.6 is 0 Å². The number of carboxylic acid groups (broad SMARTS) is 1. The van der Waals surface area contributed by atoms with Crippen LogP contribution in [0.25, 0.3) is 0 Å². The molecule has 0 unspecified atom stereocenters. The van der Waals surface area contributed by atoms with Gasteiger partial charge in [0.15, 0.2) is 0 Å². The maximum absolute atomic E-state index is 14.3. The van der Waals surface area contributed by atoms with Gasteiger partial charge >= 0.3 is 5.97 Å². The lowest BCUT2D eigenvalue weighted by Gasteiger charge is -2.41. The molecule has 55 heavy (non-hydrogen) atoms. The number of hydrogen-bond donors (Lipinski definition) is 3. The predicted octanol–water partition coefficient (Wildman–Crippen LogP) is 4.23. The van der Waals surface area contributed by atoms with Crippen molar-refractivity contribution in [1.82, 2.24) is 25.3 Å². The molecule has 0 radical (unpaired) electrons. The van der Waals surface area contributed by atoms with Gasteiger partial charge in [-0.15, -0.1) is 0 Å². The summed E-state index contributed by atoms with van der Waals surface area (Å²) in [5, 5.41) is 15.7. The van der Waals surface area contributed by atoms with Crippen molar-refractivity contribution >= 4 is 29.6 Å². The van der Waals surface area contributed by atoms with Crippen LogP contribution in [0, 0.1) is 23.7 Å². The molecule has 13 nitrogen and oxygen atoms in total. The number of amides is 4. The Labute approximate surface area is 330 Å². The number of ether oxygens (including phenoxy) is 2. The third kappa shape index (κ3) is 13.0. The molecule has 3 N–H and O–H groups in total. The zero-order valence-corrected chi connectivity index (χ0v) is 35.5. The van der Waals surface area contributed by atoms with Crippen molar-refractivity contribution in [2.75, 3.05) is 41.4 Å². The van der Waals surface area contributed by atoms with Crippen LogP contribution in [-0.2, 0) is 39.9 Å². The number of methoxy groups -OCH3 is 2. The lowest BCUT2D eigenvalue weighted by molar-refractivity contribution is -0.148. The first-order valence-electron chi connectivity index (χ1n) is 20.1. The Morgan fingerprint density at radius 3 is 2.05 bits per heavy atom. The summed E-state index contributed by atoms with van der Waals surface area (Å²) in [6, 6.07) is 5.92. The highest BCUT2D eigenvalue weighted by Crippen LogP contribution is 2.30. The van der Waals surface area contributed by atoms with Crippen molar-refractivity contribution in [2.24, 2.45) is 23.7 Å². The van der Waals surface area contributed by atoms with Crippen LogP contribution in [0.4, 0.5) is 0 Å². The number of likely N-dealkylation sites (N-methyl/N-ethyl adjacent to an activating group) is 2. The summed E-state index contributed by atoms with van der Waals surface area (Å²) in [6.45, 7) is 16.9. The van der Waals surface area contributed by atoms with E-state index in [1.54, 1.807) is 30.9 Å². The summed E-state index contributed by atoms with van der Waals surface area (Å²) in [5.74, 6) is -3.16. The van der Waals surface area contributed by atoms with Gasteiger partial charge in [0, 0.05) is 34.2 Å². The lowest BCUT2D eigenvalue weighted by Crippen LogP contribution is -2.60. The standard InChI is InChI=1S/C42H71N5O8/c1-13-22-45(9)36(27(5)6)40(50)44-35(26(3)4)41(51)46(10)37(28(7)14-2)33(54-11)25-34(48)47-23-18-21-32(47)38(55-12)29(8)39(49)43-31(42(52)53)24-30-19-16-15-17-20-30/h15-17,19-20,26-29,31-33,35-38H,13-14,18,21-25H2,1-12H3,(H,43,49)(H,44,50)(H,52,53)/t28-,29+,31-,32-,33+,35-,36-,37-,38+/m0/s1. The van der Waals surface area contributed by atoms with Crippen molar-refractivity contribution in [3.8, 4) is 0 Å². The Morgan fingerprint density at radius 2 is 1.55 bits per heavy atom. The molecule has 4 amide bonds. The van der Waals surface area contributed by atoms with Crippen LogP contribution in [0.3, 0.4) is 0 Å². The van der Waals surface area contributed by atoms with E-state index in [-0.39, 0.29) is 54.4 Å². The van der Waals surface area contributed by atoms with Crippen molar-refractivity contribution in [3.05, 3.63) is 35.9 Å². The van der Waals surface area contributed by atoms with Gasteiger partial charge in [-0.05, 0) is 56.2 Å². The number of rotatable bonds is 23. The fourth-order valence-corrected chi connectivity index (χ4v) is 8.13. The fourth-order valence-electron chi connectivity index (χ4n) is 8.13. The van der Waals surface area contributed by atoms with Crippen molar-refractivity contribution in [1.29, 1.82) is 0 Å². The van der Waals surface area contributed by atoms with E-state index in [1.165, 1.54) is 7.11 Å². The van der Waals surface area contributed by atoms with Gasteiger partial charge < -0.3 is 35.0 Å². The monoisotopic (exact) mass is 774 g/mol. The molecular weight excluding hydrogens is 702 g/mol. The van der Waals surface area contributed by atoms with E-state index in [9.17, 15) is 29.1 Å². The average molecular weight is 774 g/mol. The number of carboxylic acids is 1. The predicted molar refractivity (Wildman–Crippen MR) is 214 cm³/mol. The average Bonchev–Trinajstić information content (AvgIpc) is 3.63. The number of benzene rings is 1. The van der Waals surface area contributed by atoms with Gasteiger partial charge in [0.2, 0.25) is 23.6 Å². The van der Waals surface area contributed by atoms with E-state index >= 15 is 0 Å². The molecule has 312 valence electrons. The summed E-state index contributed by atoms with van der Waals surface area (Å²) < 4.78 is 11.9. The minimum atomic E-state index is -1.14. The van der Waals surface area contributed by atoms with Crippen molar-refractivity contribution in [2.45, 2.75) is 136 Å². The molecule has 1 aliphatic heterocycles. The molecule has 1 fully saturated rings. The van der Waals surface area contributed by atoms with E-state index in [0.29, 0.717) is 19.4 Å². The van der Waals surface area contributed by atoms with Gasteiger partial charge in [-0.3, -0.25) is 24.1 Å². The van der Waals surface area contributed by atoms with Crippen LogP contribution in [0.2, 0.25) is 0 Å². The molecule has 0 aromatic heterocycles. The van der Waals surface area contributed by atoms with E-state index in [1.807, 2.05) is 83.8 Å². The number of carbonyl (C=O) groups is 5. The van der Waals surface area contributed by atoms with Crippen LogP contribution < -0.4 is 10.6 Å². The number of nitrogens with one attached hydrogen (secondary N) is 2. The van der Waals surface area contributed by atoms with Gasteiger partial charge in [0.25, 0.3) is 0 Å². The van der Waals surface area contributed by atoms with Crippen molar-refractivity contribution < 1.29 is 38.6 Å². The SMILES string of the molecule is CCCN(C)[C@H](C(=O)N[C@H](C(=O)N(C)[C@@H]([C@@H](C)CC)[C@@H](CC(=O)N1CCC[C@H]1[C@H](OC)[C@@H](C)C(=O)N[C@@H](Cc1ccccc1)C(=O)O)OC)C(C)C)C(C)C. The first-order valence-corrected chi connectivity index (χ1v) is 20.1. The number of aliphatic carboxylic acids is 1. The maximum atomic E-state index is 14.3. The molecule has 0 aliphatic carbocycles. The zero-order valence-electron chi connectivity index (χ0n) is 35.5. The summed E-state index contributed by atoms with van der Waals surface area (Å²) >= 11 is 0. The Balaban J connectivity index is 2.28. The molecule has 2 rings (SSSR count). The molecular formula is C42H71N5O8. The highest BCUT2D eigenvalue weighted by atomic mass is 16.5. The lowest BCUT2D eigenvalue weighted by atomic mass is 9.89. The minimum Gasteiger partial charge on any atom is -0.480 e. The number of nitrogens with zero attached hydrogens (tertiary/aromatic N) is 3. The number of likely N-dealkylation sites (tertiary alicyclic amines) is 1. The molecule has 1 heterocycles. The largest absolute Gasteiger partial charge is 0.480 e. The highest BCUT2D eigenvalue weighted by Gasteiger charge is 2.43. The van der Waals surface area contributed by atoms with E-state index in [4.69, 9.17) is 9.47 Å². The van der Waals surface area contributed by atoms with E-state index < -0.39 is 54.2 Å². The Bertz CT molecular complexity index is 1380. The zero-order chi connectivity index (χ0) is 41.6. The Hall–Kier alpha value is -3.55. The fraction of sp³-hybridized carbons (Fsp3) is 0.738. The molecule has 9 atom stereocenters. The van der Waals surface area contributed by atoms with E-state index in [0.717, 1.165) is 24.9 Å². The minimum absolute atomic E-state index is 0.00918. The molecule has 0 saturated carbocycles. The summed E-state index contributed by atoms with van der Waals surface area (Å²) in [5.41, 5.74) is 0.786. The third-order valence-electron chi connectivity index (χ3n) is 11.3. The Morgan fingerprint density at radius 1 is 0.909 bits per heavy atom. The van der Waals surface area contributed by atoms with Crippen LogP contribution in [0.5, 0.6) is 0 Å². The highest BCUT2D eigenvalue weighted by molar-refractivity contribution is 5.90. The van der Waals surface area contributed by atoms with Gasteiger partial charge in [-0.25, -0.2) is 4.79 Å².